The van der Waals surface area contributed by atoms with Gasteiger partial charge in [-0.2, -0.15) is 0 Å². The first-order valence-corrected chi connectivity index (χ1v) is 11.6. The van der Waals surface area contributed by atoms with E-state index in [0.29, 0.717) is 8.96 Å². The lowest BCUT2D eigenvalue weighted by molar-refractivity contribution is -0.143. The van der Waals surface area contributed by atoms with Crippen molar-refractivity contribution in [1.82, 2.24) is 0 Å². The van der Waals surface area contributed by atoms with Gasteiger partial charge in [0.2, 0.25) is 4.51 Å². The topological polar surface area (TPSA) is 26.3 Å². The molecular formula is C9H3Br9O2. The summed E-state index contributed by atoms with van der Waals surface area (Å²) in [6, 6.07) is 0. The van der Waals surface area contributed by atoms with E-state index in [0.717, 1.165) is 6.08 Å². The molecule has 0 aromatic heterocycles. The highest BCUT2D eigenvalue weighted by Crippen LogP contribution is 2.73. The summed E-state index contributed by atoms with van der Waals surface area (Å²) in [5.41, 5.74) is 0. The first-order chi connectivity index (χ1) is 8.77. The molecule has 0 saturated heterocycles. The van der Waals surface area contributed by atoms with Crippen molar-refractivity contribution in [2.45, 2.75) is 14.2 Å². The van der Waals surface area contributed by atoms with Crippen LogP contribution < -0.4 is 0 Å². The van der Waals surface area contributed by atoms with E-state index < -0.39 is 20.2 Å². The minimum Gasteiger partial charge on any atom is -0.436 e. The van der Waals surface area contributed by atoms with Crippen molar-refractivity contribution in [3.63, 3.8) is 0 Å². The van der Waals surface area contributed by atoms with Gasteiger partial charge in [-0.1, -0.05) is 118 Å². The molecule has 1 unspecified atom stereocenters. The van der Waals surface area contributed by atoms with E-state index in [1.54, 1.807) is 0 Å². The smallest absolute Gasteiger partial charge is 0.331 e. The molecule has 0 fully saturated rings. The van der Waals surface area contributed by atoms with Crippen LogP contribution in [-0.2, 0) is 9.53 Å². The van der Waals surface area contributed by atoms with Crippen LogP contribution in [0.2, 0.25) is 0 Å². The molecular weight excluding hydrogens is 859 g/mol. The zero-order valence-corrected chi connectivity index (χ0v) is 23.3. The van der Waals surface area contributed by atoms with Crippen LogP contribution >= 0.6 is 143 Å². The van der Waals surface area contributed by atoms with Crippen LogP contribution in [0.25, 0.3) is 0 Å². The van der Waals surface area contributed by atoms with E-state index in [4.69, 9.17) is 4.74 Å². The van der Waals surface area contributed by atoms with Crippen molar-refractivity contribution in [3.8, 4) is 0 Å². The fraction of sp³-hybridized carbons (Fsp3) is 0.444. The Labute approximate surface area is 191 Å². The molecule has 0 amide bonds. The molecule has 1 rings (SSSR count). The van der Waals surface area contributed by atoms with Crippen molar-refractivity contribution < 1.29 is 9.53 Å². The average molecular weight is 862 g/mol. The summed E-state index contributed by atoms with van der Waals surface area (Å²) in [6.45, 7) is 3.40. The Bertz CT molecular complexity index is 496. The summed E-state index contributed by atoms with van der Waals surface area (Å²) in [7, 11) is 0. The summed E-state index contributed by atoms with van der Waals surface area (Å²) in [4.78, 5) is 11.7. The molecule has 0 heterocycles. The Morgan fingerprint density at radius 3 is 1.80 bits per heavy atom. The molecule has 0 radical (unpaired) electrons. The van der Waals surface area contributed by atoms with Crippen LogP contribution in [0.5, 0.6) is 0 Å². The van der Waals surface area contributed by atoms with Gasteiger partial charge >= 0.3 is 5.97 Å². The number of ether oxygens (including phenoxy) is 1. The molecule has 114 valence electrons. The minimum absolute atomic E-state index is 0.553. The third-order valence-corrected chi connectivity index (χ3v) is 19.6. The maximum atomic E-state index is 11.7. The fourth-order valence-corrected chi connectivity index (χ4v) is 9.71. The Kier molecular flexibility index (Phi) is 7.33. The Morgan fingerprint density at radius 2 is 1.40 bits per heavy atom. The highest BCUT2D eigenvalue weighted by Gasteiger charge is 2.73. The van der Waals surface area contributed by atoms with E-state index in [2.05, 4.69) is 150 Å². The number of carbonyl (C=O) groups excluding carboxylic acids is 1. The number of rotatable bonds is 2. The molecule has 0 aromatic carbocycles. The lowest BCUT2D eigenvalue weighted by Crippen LogP contribution is -2.63. The molecule has 0 spiro atoms. The number of esters is 1. The van der Waals surface area contributed by atoms with Crippen LogP contribution in [0.1, 0.15) is 0 Å². The van der Waals surface area contributed by atoms with Crippen molar-refractivity contribution >= 4 is 149 Å². The number of allylic oxidation sites excluding steroid dienone is 1. The predicted molar refractivity (Wildman–Crippen MR) is 115 cm³/mol. The summed E-state index contributed by atoms with van der Waals surface area (Å²) in [6.07, 6.45) is 1.08. The van der Waals surface area contributed by atoms with Gasteiger partial charge in [-0.3, -0.25) is 0 Å². The summed E-state index contributed by atoms with van der Waals surface area (Å²) >= 11 is 31.8. The van der Waals surface area contributed by atoms with Crippen LogP contribution in [-0.4, -0.2) is 20.2 Å². The van der Waals surface area contributed by atoms with Gasteiger partial charge in [-0.15, -0.1) is 0 Å². The van der Waals surface area contributed by atoms with Gasteiger partial charge in [0.05, 0.1) is 4.48 Å². The van der Waals surface area contributed by atoms with E-state index in [1.165, 1.54) is 0 Å². The SMILES string of the molecule is C=CC(=O)OC1(Br)C(Br)=C(Br)C(Br)(Br)C(Br)(Br)C1(Br)Br. The first kappa shape index (κ1) is 21.3. The predicted octanol–water partition coefficient (Wildman–Crippen LogP) is 7.28. The highest BCUT2D eigenvalue weighted by molar-refractivity contribution is 9.33. The Morgan fingerprint density at radius 1 is 0.950 bits per heavy atom. The van der Waals surface area contributed by atoms with E-state index in [1.807, 2.05) is 0 Å². The summed E-state index contributed by atoms with van der Waals surface area (Å²) < 4.78 is 2.83. The van der Waals surface area contributed by atoms with Gasteiger partial charge in [-0.05, 0) is 31.9 Å². The van der Waals surface area contributed by atoms with E-state index in [9.17, 15) is 4.79 Å². The van der Waals surface area contributed by atoms with Crippen LogP contribution in [0.4, 0.5) is 0 Å². The lowest BCUT2D eigenvalue weighted by atomic mass is 10.0. The summed E-state index contributed by atoms with van der Waals surface area (Å²) in [5, 5.41) is 0. The zero-order valence-electron chi connectivity index (χ0n) is 9.00. The van der Waals surface area contributed by atoms with Crippen molar-refractivity contribution in [1.29, 1.82) is 0 Å². The third kappa shape index (κ3) is 3.08. The second kappa shape index (κ2) is 6.88. The molecule has 0 bridgehead atoms. The molecule has 0 aromatic rings. The van der Waals surface area contributed by atoms with Crippen molar-refractivity contribution in [3.05, 3.63) is 21.6 Å². The van der Waals surface area contributed by atoms with Crippen LogP contribution in [0.15, 0.2) is 21.6 Å². The standard InChI is InChI=1S/C9H3Br9O2/c1-2-3(19)20-7(14)5(11)4(10)6(12,13)8(15,16)9(7,17)18/h2H,1H2. The Balaban J connectivity index is 3.64. The van der Waals surface area contributed by atoms with E-state index >= 15 is 0 Å². The molecule has 2 nitrogen and oxygen atoms in total. The number of alkyl halides is 7. The molecule has 1 aliphatic carbocycles. The second-order valence-corrected chi connectivity index (χ2v) is 16.6. The summed E-state index contributed by atoms with van der Waals surface area (Å²) in [5.74, 6) is -0.588. The third-order valence-electron chi connectivity index (χ3n) is 2.35. The molecule has 0 N–H and O–H groups in total. The first-order valence-electron chi connectivity index (χ1n) is 4.51. The van der Waals surface area contributed by atoms with Gasteiger partial charge in [0.25, 0.3) is 0 Å². The second-order valence-electron chi connectivity index (χ2n) is 3.57. The van der Waals surface area contributed by atoms with Gasteiger partial charge in [0.1, 0.15) is 6.47 Å². The van der Waals surface area contributed by atoms with Gasteiger partial charge in [0.15, 0.2) is 3.23 Å². The normalized spacial score (nSPS) is 30.9. The molecule has 1 aliphatic rings. The average Bonchev–Trinajstić information content (AvgIpc) is 2.34. The molecule has 11 heteroatoms. The molecule has 20 heavy (non-hydrogen) atoms. The maximum absolute atomic E-state index is 11.7. The molecule has 0 aliphatic heterocycles. The Hall–Kier alpha value is 3.27. The molecule has 1 atom stereocenters. The number of hydrogen-bond donors (Lipinski definition) is 0. The fourth-order valence-electron chi connectivity index (χ4n) is 1.24. The van der Waals surface area contributed by atoms with Gasteiger partial charge in [-0.25, -0.2) is 4.79 Å². The number of carbonyl (C=O) groups is 1. The highest BCUT2D eigenvalue weighted by atomic mass is 79.9. The van der Waals surface area contributed by atoms with Crippen LogP contribution in [0.3, 0.4) is 0 Å². The van der Waals surface area contributed by atoms with E-state index in [-0.39, 0.29) is 0 Å². The van der Waals surface area contributed by atoms with Gasteiger partial charge < -0.3 is 4.74 Å². The minimum atomic E-state index is -1.26. The van der Waals surface area contributed by atoms with Gasteiger partial charge in [0, 0.05) is 10.6 Å². The van der Waals surface area contributed by atoms with Crippen molar-refractivity contribution in [2.24, 2.45) is 0 Å². The zero-order chi connectivity index (χ0) is 16.1. The number of hydrogen-bond acceptors (Lipinski definition) is 2. The number of halogens is 9. The molecule has 0 saturated carbocycles. The monoisotopic (exact) mass is 853 g/mol. The van der Waals surface area contributed by atoms with Crippen LogP contribution in [0, 0.1) is 0 Å². The largest absolute Gasteiger partial charge is 0.436 e. The lowest BCUT2D eigenvalue weighted by Gasteiger charge is -2.54. The maximum Gasteiger partial charge on any atom is 0.331 e. The quantitative estimate of drug-likeness (QED) is 0.166. The van der Waals surface area contributed by atoms with Crippen molar-refractivity contribution in [2.75, 3.05) is 0 Å².